The summed E-state index contributed by atoms with van der Waals surface area (Å²) in [7, 11) is 0. The largest absolute Gasteiger partial charge is 0.358 e. The molecular weight excluding hydrogens is 490 g/mol. The first-order valence-electron chi connectivity index (χ1n) is 4.36. The zero-order valence-corrected chi connectivity index (χ0v) is 22.4. The van der Waals surface area contributed by atoms with Gasteiger partial charge in [0, 0.05) is 136 Å². The Labute approximate surface area is 198 Å². The minimum atomic E-state index is 0. The third-order valence-electron chi connectivity index (χ3n) is 1.49. The van der Waals surface area contributed by atoms with E-state index in [-0.39, 0.29) is 136 Å². The van der Waals surface area contributed by atoms with E-state index >= 15 is 0 Å². The average molecular weight is 513 g/mol. The maximum atomic E-state index is 3.81. The first-order chi connectivity index (χ1) is 5.02. The summed E-state index contributed by atoms with van der Waals surface area (Å²) in [6, 6.07) is 0. The fraction of sp³-hybridized carbons (Fsp3) is 0.800. The van der Waals surface area contributed by atoms with E-state index < -0.39 is 0 Å². The SMILES string of the molecule is CC.[CH2-]CN(C[CH2-])C(C)(C)C.[Y].[Y].[Y].[Y]. The van der Waals surface area contributed by atoms with E-state index in [1.807, 2.05) is 13.8 Å². The summed E-state index contributed by atoms with van der Waals surface area (Å²) in [6.07, 6.45) is 0. The van der Waals surface area contributed by atoms with Crippen LogP contribution in [-0.4, -0.2) is 23.5 Å². The normalized spacial score (nSPS) is 8.00. The molecule has 0 atom stereocenters. The molecule has 5 heteroatoms. The Morgan fingerprint density at radius 3 is 1.00 bits per heavy atom. The molecule has 0 aliphatic heterocycles. The summed E-state index contributed by atoms with van der Waals surface area (Å²) in [5.41, 5.74) is 0.226. The summed E-state index contributed by atoms with van der Waals surface area (Å²) in [4.78, 5) is 2.22. The van der Waals surface area contributed by atoms with Crippen molar-refractivity contribution in [1.82, 2.24) is 4.90 Å². The molecule has 82 valence electrons. The van der Waals surface area contributed by atoms with Crippen molar-refractivity contribution in [2.45, 2.75) is 40.2 Å². The predicted molar refractivity (Wildman–Crippen MR) is 53.4 cm³/mol. The van der Waals surface area contributed by atoms with Crippen LogP contribution in [0.15, 0.2) is 0 Å². The molecule has 0 aliphatic rings. The molecule has 4 radical (unpaired) electrons. The summed E-state index contributed by atoms with van der Waals surface area (Å²) in [6.45, 7) is 19.8. The van der Waals surface area contributed by atoms with Crippen molar-refractivity contribution in [3.63, 3.8) is 0 Å². The minimum absolute atomic E-state index is 0. The molecule has 0 bridgehead atoms. The van der Waals surface area contributed by atoms with Crippen LogP contribution in [0.5, 0.6) is 0 Å². The van der Waals surface area contributed by atoms with Crippen molar-refractivity contribution in [2.24, 2.45) is 0 Å². The Kier molecular flexibility index (Phi) is 57.2. The summed E-state index contributed by atoms with van der Waals surface area (Å²) < 4.78 is 0. The maximum Gasteiger partial charge on any atom is 0.00714 e. The molecule has 0 N–H and O–H groups in total. The van der Waals surface area contributed by atoms with Gasteiger partial charge in [0.25, 0.3) is 0 Å². The number of rotatable bonds is 2. The van der Waals surface area contributed by atoms with Gasteiger partial charge in [0.1, 0.15) is 0 Å². The van der Waals surface area contributed by atoms with Gasteiger partial charge in [0.05, 0.1) is 0 Å². The van der Waals surface area contributed by atoms with Crippen LogP contribution < -0.4 is 0 Å². The summed E-state index contributed by atoms with van der Waals surface area (Å²) in [5, 5.41) is 0. The van der Waals surface area contributed by atoms with E-state index in [9.17, 15) is 0 Å². The average Bonchev–Trinajstić information content (AvgIpc) is 1.92. The quantitative estimate of drug-likeness (QED) is 0.515. The van der Waals surface area contributed by atoms with Gasteiger partial charge in [-0.3, -0.25) is 0 Å². The Bertz CT molecular complexity index is 80.0. The molecule has 15 heavy (non-hydrogen) atoms. The molecule has 0 spiro atoms. The van der Waals surface area contributed by atoms with Gasteiger partial charge >= 0.3 is 0 Å². The monoisotopic (exact) mass is 513 g/mol. The first-order valence-corrected chi connectivity index (χ1v) is 4.36. The van der Waals surface area contributed by atoms with E-state index in [0.29, 0.717) is 0 Å². The molecule has 0 fully saturated rings. The molecule has 0 rings (SSSR count). The third-order valence-corrected chi connectivity index (χ3v) is 1.49. The maximum absolute atomic E-state index is 3.81. The van der Waals surface area contributed by atoms with Crippen molar-refractivity contribution in [2.75, 3.05) is 13.1 Å². The Hall–Kier alpha value is 4.38. The van der Waals surface area contributed by atoms with E-state index in [2.05, 4.69) is 39.5 Å². The van der Waals surface area contributed by atoms with E-state index in [0.717, 1.165) is 13.1 Å². The molecule has 1 nitrogen and oxygen atoms in total. The van der Waals surface area contributed by atoms with Gasteiger partial charge in [-0.05, 0) is 20.8 Å². The number of hydrogen-bond donors (Lipinski definition) is 0. The smallest absolute Gasteiger partial charge is 0.00714 e. The van der Waals surface area contributed by atoms with Crippen molar-refractivity contribution >= 4 is 0 Å². The summed E-state index contributed by atoms with van der Waals surface area (Å²) >= 11 is 0. The number of hydrogen-bond acceptors (Lipinski definition) is 1. The topological polar surface area (TPSA) is 3.24 Å². The van der Waals surface area contributed by atoms with Gasteiger partial charge in [-0.25, -0.2) is 0 Å². The molecule has 0 saturated carbocycles. The van der Waals surface area contributed by atoms with E-state index in [4.69, 9.17) is 0 Å². The molecular formula is C10H23NY4-2. The van der Waals surface area contributed by atoms with Gasteiger partial charge < -0.3 is 18.7 Å². The zero-order valence-electron chi connectivity index (χ0n) is 11.1. The molecule has 0 aliphatic carbocycles. The molecule has 0 aromatic rings. The second-order valence-electron chi connectivity index (χ2n) is 3.16. The molecule has 0 amide bonds. The van der Waals surface area contributed by atoms with Crippen LogP contribution in [0.4, 0.5) is 0 Å². The van der Waals surface area contributed by atoms with Crippen molar-refractivity contribution < 1.29 is 131 Å². The molecule has 0 saturated heterocycles. The second-order valence-corrected chi connectivity index (χ2v) is 3.16. The van der Waals surface area contributed by atoms with Gasteiger partial charge in [-0.2, -0.15) is 0 Å². The number of nitrogens with zero attached hydrogens (tertiary/aromatic N) is 1. The summed E-state index contributed by atoms with van der Waals surface area (Å²) in [5.74, 6) is 0. The predicted octanol–water partition coefficient (Wildman–Crippen LogP) is 2.77. The Balaban J connectivity index is -0.0000000317. The van der Waals surface area contributed by atoms with Crippen LogP contribution in [-0.2, 0) is 131 Å². The van der Waals surface area contributed by atoms with Crippen LogP contribution >= 0.6 is 0 Å². The molecule has 0 aromatic carbocycles. The van der Waals surface area contributed by atoms with Gasteiger partial charge in [0.2, 0.25) is 0 Å². The van der Waals surface area contributed by atoms with Crippen LogP contribution in [0.3, 0.4) is 0 Å². The zero-order chi connectivity index (χ0) is 9.49. The standard InChI is InChI=1S/C8H17N.C2H6.4Y/c1-6-9(7-2)8(3,4)5;1-2;;;;/h1-2,6-7H2,3-5H3;1-2H3;;;;/q-2;;;;;. The van der Waals surface area contributed by atoms with Crippen LogP contribution in [0.25, 0.3) is 0 Å². The van der Waals surface area contributed by atoms with Crippen LogP contribution in [0.1, 0.15) is 34.6 Å². The molecule has 0 unspecified atom stereocenters. The van der Waals surface area contributed by atoms with Gasteiger partial charge in [0.15, 0.2) is 0 Å². The van der Waals surface area contributed by atoms with Crippen molar-refractivity contribution in [3.05, 3.63) is 13.8 Å². The molecule has 0 heterocycles. The first kappa shape index (κ1) is 36.6. The fourth-order valence-corrected chi connectivity index (χ4v) is 0.783. The van der Waals surface area contributed by atoms with Gasteiger partial charge in [-0.1, -0.05) is 13.8 Å². The van der Waals surface area contributed by atoms with Crippen molar-refractivity contribution in [3.8, 4) is 0 Å². The van der Waals surface area contributed by atoms with E-state index in [1.54, 1.807) is 0 Å². The second kappa shape index (κ2) is 23.5. The Morgan fingerprint density at radius 2 is 1.00 bits per heavy atom. The van der Waals surface area contributed by atoms with Crippen molar-refractivity contribution in [1.29, 1.82) is 0 Å². The fourth-order valence-electron chi connectivity index (χ4n) is 0.783. The molecule has 0 aromatic heterocycles. The van der Waals surface area contributed by atoms with Crippen LogP contribution in [0.2, 0.25) is 0 Å². The Morgan fingerprint density at radius 1 is 0.800 bits per heavy atom. The van der Waals surface area contributed by atoms with Crippen LogP contribution in [0, 0.1) is 13.8 Å². The van der Waals surface area contributed by atoms with E-state index in [1.165, 1.54) is 0 Å². The third kappa shape index (κ3) is 23.8. The van der Waals surface area contributed by atoms with Gasteiger partial charge in [-0.15, -0.1) is 13.1 Å². The minimum Gasteiger partial charge on any atom is -0.358 e.